The minimum Gasteiger partial charge on any atom is -0.396 e. The van der Waals surface area contributed by atoms with E-state index in [1.54, 1.807) is 0 Å². The number of aliphatic hydroxyl groups is 1. The van der Waals surface area contributed by atoms with Crippen molar-refractivity contribution in [3.63, 3.8) is 0 Å². The highest BCUT2D eigenvalue weighted by Gasteiger charge is 2.29. The maximum Gasteiger partial charge on any atom is 0.222 e. The van der Waals surface area contributed by atoms with Crippen molar-refractivity contribution in [2.24, 2.45) is 5.92 Å². The van der Waals surface area contributed by atoms with Gasteiger partial charge in [0.15, 0.2) is 0 Å². The summed E-state index contributed by atoms with van der Waals surface area (Å²) < 4.78 is 0. The predicted molar refractivity (Wildman–Crippen MR) is 51.3 cm³/mol. The zero-order valence-electron chi connectivity index (χ0n) is 8.49. The van der Waals surface area contributed by atoms with Crippen LogP contribution in [0.4, 0.5) is 0 Å². The lowest BCUT2D eigenvalue weighted by atomic mass is 10.00. The SMILES string of the molecule is CC(C)C(CCO)N1CCCC1=O. The molecule has 0 spiro atoms. The fraction of sp³-hybridized carbons (Fsp3) is 0.900. The first-order valence-electron chi connectivity index (χ1n) is 5.07. The van der Waals surface area contributed by atoms with Crippen LogP contribution >= 0.6 is 0 Å². The van der Waals surface area contributed by atoms with Crippen LogP contribution in [0, 0.1) is 5.92 Å². The Balaban J connectivity index is 2.57. The highest BCUT2D eigenvalue weighted by Crippen LogP contribution is 2.20. The van der Waals surface area contributed by atoms with E-state index in [9.17, 15) is 4.79 Å². The van der Waals surface area contributed by atoms with Crippen LogP contribution in [-0.4, -0.2) is 35.1 Å². The minimum atomic E-state index is 0.173. The lowest BCUT2D eigenvalue weighted by Crippen LogP contribution is -2.40. The molecule has 1 unspecified atom stereocenters. The Kier molecular flexibility index (Phi) is 3.72. The molecule has 1 aliphatic heterocycles. The van der Waals surface area contributed by atoms with Crippen LogP contribution in [0.1, 0.15) is 33.1 Å². The first-order chi connectivity index (χ1) is 6.16. The van der Waals surface area contributed by atoms with E-state index >= 15 is 0 Å². The minimum absolute atomic E-state index is 0.173. The molecule has 1 amide bonds. The number of hydrogen-bond donors (Lipinski definition) is 1. The Hall–Kier alpha value is -0.570. The van der Waals surface area contributed by atoms with Crippen LogP contribution < -0.4 is 0 Å². The fourth-order valence-electron chi connectivity index (χ4n) is 2.00. The number of aliphatic hydroxyl groups excluding tert-OH is 1. The molecule has 0 aliphatic carbocycles. The summed E-state index contributed by atoms with van der Waals surface area (Å²) >= 11 is 0. The average Bonchev–Trinajstić information content (AvgIpc) is 2.47. The van der Waals surface area contributed by atoms with Gasteiger partial charge in [-0.3, -0.25) is 4.79 Å². The lowest BCUT2D eigenvalue weighted by Gasteiger charge is -2.30. The second-order valence-corrected chi connectivity index (χ2v) is 4.01. The fourth-order valence-corrected chi connectivity index (χ4v) is 2.00. The standard InChI is InChI=1S/C10H19NO2/c1-8(2)9(5-7-12)11-6-3-4-10(11)13/h8-9,12H,3-7H2,1-2H3. The van der Waals surface area contributed by atoms with Crippen LogP contribution in [0.5, 0.6) is 0 Å². The smallest absolute Gasteiger partial charge is 0.222 e. The number of hydrogen-bond acceptors (Lipinski definition) is 2. The Morgan fingerprint density at radius 2 is 2.23 bits per heavy atom. The molecule has 1 fully saturated rings. The molecule has 0 saturated carbocycles. The number of rotatable bonds is 4. The van der Waals surface area contributed by atoms with Gasteiger partial charge in [0.1, 0.15) is 0 Å². The van der Waals surface area contributed by atoms with Crippen molar-refractivity contribution in [2.75, 3.05) is 13.2 Å². The van der Waals surface area contributed by atoms with Gasteiger partial charge in [0.2, 0.25) is 5.91 Å². The summed E-state index contributed by atoms with van der Waals surface area (Å²) in [5.74, 6) is 0.696. The van der Waals surface area contributed by atoms with Crippen LogP contribution in [0.25, 0.3) is 0 Å². The number of nitrogens with zero attached hydrogens (tertiary/aromatic N) is 1. The molecule has 0 aromatic carbocycles. The van der Waals surface area contributed by atoms with E-state index < -0.39 is 0 Å². The number of carbonyl (C=O) groups excluding carboxylic acids is 1. The molecule has 76 valence electrons. The van der Waals surface area contributed by atoms with Gasteiger partial charge in [0.25, 0.3) is 0 Å². The average molecular weight is 185 g/mol. The quantitative estimate of drug-likeness (QED) is 0.710. The first kappa shape index (κ1) is 10.5. The van der Waals surface area contributed by atoms with Gasteiger partial charge in [0, 0.05) is 25.6 Å². The molecule has 0 radical (unpaired) electrons. The van der Waals surface area contributed by atoms with Gasteiger partial charge in [-0.25, -0.2) is 0 Å². The lowest BCUT2D eigenvalue weighted by molar-refractivity contribution is -0.130. The first-order valence-corrected chi connectivity index (χ1v) is 5.07. The van der Waals surface area contributed by atoms with Gasteiger partial charge in [-0.05, 0) is 18.8 Å². The maximum atomic E-state index is 11.4. The summed E-state index contributed by atoms with van der Waals surface area (Å²) in [4.78, 5) is 13.4. The summed E-state index contributed by atoms with van der Waals surface area (Å²) in [7, 11) is 0. The Bertz CT molecular complexity index is 180. The van der Waals surface area contributed by atoms with E-state index in [4.69, 9.17) is 5.11 Å². The number of amides is 1. The van der Waals surface area contributed by atoms with E-state index in [0.29, 0.717) is 18.8 Å². The second-order valence-electron chi connectivity index (χ2n) is 4.01. The second kappa shape index (κ2) is 4.61. The number of carbonyl (C=O) groups is 1. The molecule has 13 heavy (non-hydrogen) atoms. The molecule has 3 heteroatoms. The van der Waals surface area contributed by atoms with Crippen molar-refractivity contribution in [2.45, 2.75) is 39.2 Å². The molecular formula is C10H19NO2. The molecule has 0 bridgehead atoms. The van der Waals surface area contributed by atoms with Gasteiger partial charge in [-0.2, -0.15) is 0 Å². The van der Waals surface area contributed by atoms with Crippen molar-refractivity contribution >= 4 is 5.91 Å². The van der Waals surface area contributed by atoms with E-state index in [-0.39, 0.29) is 18.6 Å². The van der Waals surface area contributed by atoms with Crippen molar-refractivity contribution in [3.05, 3.63) is 0 Å². The Labute approximate surface area is 79.7 Å². The van der Waals surface area contributed by atoms with Crippen LogP contribution in [0.2, 0.25) is 0 Å². The molecule has 3 nitrogen and oxygen atoms in total. The largest absolute Gasteiger partial charge is 0.396 e. The summed E-state index contributed by atoms with van der Waals surface area (Å²) in [6, 6.07) is 0.236. The van der Waals surface area contributed by atoms with Crippen LogP contribution in [0.15, 0.2) is 0 Å². The number of likely N-dealkylation sites (tertiary alicyclic amines) is 1. The van der Waals surface area contributed by atoms with E-state index in [1.807, 2.05) is 4.90 Å². The molecule has 1 saturated heterocycles. The van der Waals surface area contributed by atoms with Crippen molar-refractivity contribution in [1.29, 1.82) is 0 Å². The van der Waals surface area contributed by atoms with Gasteiger partial charge in [-0.1, -0.05) is 13.8 Å². The van der Waals surface area contributed by atoms with Crippen molar-refractivity contribution < 1.29 is 9.90 Å². The monoisotopic (exact) mass is 185 g/mol. The zero-order valence-corrected chi connectivity index (χ0v) is 8.49. The predicted octanol–water partition coefficient (Wildman–Crippen LogP) is 1.02. The third kappa shape index (κ3) is 2.44. The molecule has 0 aromatic heterocycles. The molecule has 1 N–H and O–H groups in total. The summed E-state index contributed by atoms with van der Waals surface area (Å²) in [5.41, 5.74) is 0. The zero-order chi connectivity index (χ0) is 9.84. The Morgan fingerprint density at radius 1 is 1.54 bits per heavy atom. The van der Waals surface area contributed by atoms with E-state index in [0.717, 1.165) is 13.0 Å². The van der Waals surface area contributed by atoms with Gasteiger partial charge < -0.3 is 10.0 Å². The molecule has 0 aromatic rings. The topological polar surface area (TPSA) is 40.5 Å². The van der Waals surface area contributed by atoms with Crippen molar-refractivity contribution in [1.82, 2.24) is 4.90 Å². The molecule has 1 atom stereocenters. The summed E-state index contributed by atoms with van der Waals surface area (Å²) in [6.45, 7) is 5.26. The highest BCUT2D eigenvalue weighted by atomic mass is 16.3. The third-order valence-electron chi connectivity index (χ3n) is 2.70. The van der Waals surface area contributed by atoms with Gasteiger partial charge in [-0.15, -0.1) is 0 Å². The van der Waals surface area contributed by atoms with Gasteiger partial charge in [0.05, 0.1) is 0 Å². The maximum absolute atomic E-state index is 11.4. The van der Waals surface area contributed by atoms with Crippen LogP contribution in [-0.2, 0) is 4.79 Å². The van der Waals surface area contributed by atoms with Gasteiger partial charge >= 0.3 is 0 Å². The summed E-state index contributed by atoms with van der Waals surface area (Å²) in [5, 5.41) is 8.89. The molecule has 1 heterocycles. The molecule has 1 aliphatic rings. The normalized spacial score (nSPS) is 20.0. The van der Waals surface area contributed by atoms with E-state index in [1.165, 1.54) is 0 Å². The van der Waals surface area contributed by atoms with Crippen LogP contribution in [0.3, 0.4) is 0 Å². The van der Waals surface area contributed by atoms with Crippen molar-refractivity contribution in [3.8, 4) is 0 Å². The summed E-state index contributed by atoms with van der Waals surface area (Å²) in [6.07, 6.45) is 2.38. The third-order valence-corrected chi connectivity index (χ3v) is 2.70. The molecular weight excluding hydrogens is 166 g/mol. The highest BCUT2D eigenvalue weighted by molar-refractivity contribution is 5.78. The Morgan fingerprint density at radius 3 is 2.62 bits per heavy atom. The molecule has 1 rings (SSSR count). The van der Waals surface area contributed by atoms with E-state index in [2.05, 4.69) is 13.8 Å².